The van der Waals surface area contributed by atoms with Crippen LogP contribution in [0.25, 0.3) is 0 Å². The van der Waals surface area contributed by atoms with E-state index in [1.807, 2.05) is 19.1 Å². The van der Waals surface area contributed by atoms with Gasteiger partial charge in [-0.1, -0.05) is 24.3 Å². The van der Waals surface area contributed by atoms with Gasteiger partial charge in [0, 0.05) is 11.3 Å². The molecule has 148 valence electrons. The van der Waals surface area contributed by atoms with E-state index in [1.54, 1.807) is 31.2 Å². The molecule has 0 fully saturated rings. The number of hydrogen-bond donors (Lipinski definition) is 2. The lowest BCUT2D eigenvalue weighted by atomic mass is 9.94. The molecule has 0 saturated heterocycles. The summed E-state index contributed by atoms with van der Waals surface area (Å²) in [7, 11) is 1.54. The summed E-state index contributed by atoms with van der Waals surface area (Å²) in [5.41, 5.74) is 2.76. The molecule has 0 aliphatic carbocycles. The highest BCUT2D eigenvalue weighted by Crippen LogP contribution is 2.37. The van der Waals surface area contributed by atoms with E-state index in [2.05, 4.69) is 20.7 Å². The molecule has 1 aliphatic heterocycles. The monoisotopic (exact) mass is 393 g/mol. The van der Waals surface area contributed by atoms with E-state index in [1.165, 1.54) is 24.2 Å². The number of fused-ring (bicyclic) bond motifs is 1. The molecule has 4 rings (SSSR count). The molecule has 1 aliphatic rings. The molecular weight excluding hydrogens is 373 g/mol. The van der Waals surface area contributed by atoms with Gasteiger partial charge in [0.2, 0.25) is 5.95 Å². The van der Waals surface area contributed by atoms with Gasteiger partial charge in [0.15, 0.2) is 0 Å². The summed E-state index contributed by atoms with van der Waals surface area (Å²) < 4.78 is 21.5. The molecule has 0 bridgehead atoms. The highest BCUT2D eigenvalue weighted by molar-refractivity contribution is 6.06. The van der Waals surface area contributed by atoms with Crippen molar-refractivity contribution in [1.82, 2.24) is 14.8 Å². The zero-order valence-electron chi connectivity index (χ0n) is 16.2. The highest BCUT2D eigenvalue weighted by Gasteiger charge is 2.35. The number of aryl methyl sites for hydroxylation is 1. The van der Waals surface area contributed by atoms with E-state index >= 15 is 0 Å². The van der Waals surface area contributed by atoms with Crippen molar-refractivity contribution in [1.29, 1.82) is 0 Å². The second-order valence-corrected chi connectivity index (χ2v) is 6.77. The molecule has 7 nitrogen and oxygen atoms in total. The van der Waals surface area contributed by atoms with Crippen LogP contribution >= 0.6 is 0 Å². The Morgan fingerprint density at radius 2 is 2.03 bits per heavy atom. The molecule has 29 heavy (non-hydrogen) atoms. The maximum atomic E-state index is 14.7. The summed E-state index contributed by atoms with van der Waals surface area (Å²) in [6, 6.07) is 11.1. The normalized spacial score (nSPS) is 15.5. The molecule has 0 radical (unpaired) electrons. The summed E-state index contributed by atoms with van der Waals surface area (Å²) >= 11 is 0. The van der Waals surface area contributed by atoms with Gasteiger partial charge < -0.3 is 15.4 Å². The minimum atomic E-state index is -0.759. The van der Waals surface area contributed by atoms with Crippen LogP contribution in [0.5, 0.6) is 5.75 Å². The number of nitrogens with zero attached hydrogens (tertiary/aromatic N) is 3. The molecule has 0 saturated carbocycles. The quantitative estimate of drug-likeness (QED) is 0.707. The number of rotatable bonds is 4. The van der Waals surface area contributed by atoms with Crippen molar-refractivity contribution in [3.63, 3.8) is 0 Å². The summed E-state index contributed by atoms with van der Waals surface area (Å²) in [6.07, 6.45) is 1.37. The lowest BCUT2D eigenvalue weighted by Gasteiger charge is -2.29. The number of allylic oxidation sites excluding steroid dienone is 1. The molecule has 0 unspecified atom stereocenters. The van der Waals surface area contributed by atoms with Crippen LogP contribution in [0, 0.1) is 12.7 Å². The van der Waals surface area contributed by atoms with E-state index in [9.17, 15) is 9.18 Å². The third-order valence-corrected chi connectivity index (χ3v) is 4.84. The van der Waals surface area contributed by atoms with Gasteiger partial charge >= 0.3 is 0 Å². The number of amides is 1. The molecule has 3 aromatic rings. The molecule has 0 spiro atoms. The Labute approximate surface area is 167 Å². The second-order valence-electron chi connectivity index (χ2n) is 6.77. The predicted molar refractivity (Wildman–Crippen MR) is 107 cm³/mol. The van der Waals surface area contributed by atoms with Crippen LogP contribution in [-0.4, -0.2) is 27.8 Å². The Bertz CT molecular complexity index is 1120. The number of halogens is 1. The molecule has 2 N–H and O–H groups in total. The molecule has 8 heteroatoms. The number of nitrogens with one attached hydrogen (secondary N) is 2. The van der Waals surface area contributed by atoms with Crippen LogP contribution in [0.2, 0.25) is 0 Å². The number of benzene rings is 2. The minimum absolute atomic E-state index is 0.335. The molecule has 1 amide bonds. The second kappa shape index (κ2) is 7.38. The topological polar surface area (TPSA) is 81.1 Å². The summed E-state index contributed by atoms with van der Waals surface area (Å²) in [5, 5.41) is 10.2. The van der Waals surface area contributed by atoms with Gasteiger partial charge in [0.05, 0.1) is 18.4 Å². The Hall–Kier alpha value is -3.68. The van der Waals surface area contributed by atoms with Crippen LogP contribution in [0.1, 0.15) is 24.1 Å². The number of carbonyl (C=O) groups excluding carboxylic acids is 1. The van der Waals surface area contributed by atoms with Crippen molar-refractivity contribution in [3.8, 4) is 5.75 Å². The summed E-state index contributed by atoms with van der Waals surface area (Å²) in [5.74, 6) is 0.177. The predicted octanol–water partition coefficient (Wildman–Crippen LogP) is 3.66. The first kappa shape index (κ1) is 18.7. The first-order valence-electron chi connectivity index (χ1n) is 9.07. The minimum Gasteiger partial charge on any atom is -0.495 e. The van der Waals surface area contributed by atoms with Crippen molar-refractivity contribution < 1.29 is 13.9 Å². The van der Waals surface area contributed by atoms with Gasteiger partial charge in [-0.15, -0.1) is 0 Å². The summed E-state index contributed by atoms with van der Waals surface area (Å²) in [6.45, 7) is 3.68. The average Bonchev–Trinajstić information content (AvgIpc) is 3.15. The maximum absolute atomic E-state index is 14.7. The van der Waals surface area contributed by atoms with Crippen LogP contribution in [0.3, 0.4) is 0 Å². The van der Waals surface area contributed by atoms with Crippen molar-refractivity contribution in [2.75, 3.05) is 17.7 Å². The molecular formula is C21H20FN5O2. The number of aromatic nitrogens is 3. The van der Waals surface area contributed by atoms with Gasteiger partial charge in [-0.3, -0.25) is 4.79 Å². The number of ether oxygens (including phenoxy) is 1. The van der Waals surface area contributed by atoms with Gasteiger partial charge in [-0.2, -0.15) is 10.1 Å². The number of hydrogen-bond acceptors (Lipinski definition) is 5. The van der Waals surface area contributed by atoms with Crippen molar-refractivity contribution >= 4 is 17.5 Å². The zero-order chi connectivity index (χ0) is 20.5. The fourth-order valence-electron chi connectivity index (χ4n) is 3.48. The third kappa shape index (κ3) is 3.33. The van der Waals surface area contributed by atoms with Crippen molar-refractivity contribution in [3.05, 3.63) is 77.0 Å². The van der Waals surface area contributed by atoms with E-state index < -0.39 is 11.9 Å². The van der Waals surface area contributed by atoms with Crippen molar-refractivity contribution in [2.45, 2.75) is 19.9 Å². The standard InChI is InChI=1S/C21H20FN5O2/c1-12-8-9-17(29-3)16(10-12)26-20(28)18-13(2)25-21-23-11-24-27(21)19(18)14-6-4-5-7-15(14)22/h4-11,19H,1-3H3,(H,26,28)(H,23,24,25)/t19-/m1/s1. The first-order valence-corrected chi connectivity index (χ1v) is 9.07. The molecule has 1 aromatic heterocycles. The smallest absolute Gasteiger partial charge is 0.255 e. The van der Waals surface area contributed by atoms with Crippen LogP contribution in [-0.2, 0) is 4.79 Å². The Balaban J connectivity index is 1.79. The Morgan fingerprint density at radius 1 is 1.24 bits per heavy atom. The van der Waals surface area contributed by atoms with Crippen LogP contribution in [0.15, 0.2) is 60.1 Å². The van der Waals surface area contributed by atoms with E-state index in [0.29, 0.717) is 34.2 Å². The third-order valence-electron chi connectivity index (χ3n) is 4.84. The number of methoxy groups -OCH3 is 1. The summed E-state index contributed by atoms with van der Waals surface area (Å²) in [4.78, 5) is 17.5. The molecule has 1 atom stereocenters. The highest BCUT2D eigenvalue weighted by atomic mass is 19.1. The largest absolute Gasteiger partial charge is 0.495 e. The van der Waals surface area contributed by atoms with Gasteiger partial charge in [-0.05, 0) is 37.6 Å². The van der Waals surface area contributed by atoms with Gasteiger partial charge in [0.1, 0.15) is 23.9 Å². The van der Waals surface area contributed by atoms with Crippen molar-refractivity contribution in [2.24, 2.45) is 0 Å². The van der Waals surface area contributed by atoms with E-state index in [0.717, 1.165) is 5.56 Å². The van der Waals surface area contributed by atoms with Crippen LogP contribution in [0.4, 0.5) is 16.0 Å². The fourth-order valence-corrected chi connectivity index (χ4v) is 3.48. The number of anilines is 2. The lowest BCUT2D eigenvalue weighted by molar-refractivity contribution is -0.113. The van der Waals surface area contributed by atoms with Gasteiger partial charge in [0.25, 0.3) is 5.91 Å². The lowest BCUT2D eigenvalue weighted by Crippen LogP contribution is -2.32. The van der Waals surface area contributed by atoms with Gasteiger partial charge in [-0.25, -0.2) is 9.07 Å². The maximum Gasteiger partial charge on any atom is 0.255 e. The SMILES string of the molecule is COc1ccc(C)cc1NC(=O)C1=C(C)Nc2ncnn2[C@@H]1c1ccccc1F. The van der Waals surface area contributed by atoms with Crippen LogP contribution < -0.4 is 15.4 Å². The Morgan fingerprint density at radius 3 is 2.79 bits per heavy atom. The average molecular weight is 393 g/mol. The Kier molecular flexibility index (Phi) is 4.75. The zero-order valence-corrected chi connectivity index (χ0v) is 16.2. The fraction of sp³-hybridized carbons (Fsp3) is 0.190. The van der Waals surface area contributed by atoms with E-state index in [4.69, 9.17) is 4.74 Å². The molecule has 2 heterocycles. The first-order chi connectivity index (χ1) is 14.0. The molecule has 2 aromatic carbocycles. The number of carbonyl (C=O) groups is 1. The van der Waals surface area contributed by atoms with E-state index in [-0.39, 0.29) is 5.91 Å².